The van der Waals surface area contributed by atoms with Gasteiger partial charge in [-0.15, -0.1) is 0 Å². The monoisotopic (exact) mass is 249 g/mol. The van der Waals surface area contributed by atoms with Gasteiger partial charge in [0.25, 0.3) is 0 Å². The molecule has 2 N–H and O–H groups in total. The molecule has 2 unspecified atom stereocenters. The normalized spacial score (nSPS) is 29.9. The topological polar surface area (TPSA) is 44.5 Å². The van der Waals surface area contributed by atoms with Crippen molar-refractivity contribution in [3.05, 3.63) is 29.8 Å². The zero-order valence-corrected chi connectivity index (χ0v) is 11.4. The minimum atomic E-state index is 0.0715. The van der Waals surface area contributed by atoms with Gasteiger partial charge in [0.05, 0.1) is 12.2 Å². The Morgan fingerprint density at radius 1 is 1.17 bits per heavy atom. The molecule has 0 amide bonds. The first-order valence-corrected chi connectivity index (χ1v) is 6.72. The van der Waals surface area contributed by atoms with Gasteiger partial charge in [-0.3, -0.25) is 0 Å². The third-order valence-corrected chi connectivity index (χ3v) is 3.36. The van der Waals surface area contributed by atoms with Gasteiger partial charge in [0, 0.05) is 18.9 Å². The smallest absolute Gasteiger partial charge is 0.119 e. The summed E-state index contributed by atoms with van der Waals surface area (Å²) in [7, 11) is 0. The predicted molar refractivity (Wildman–Crippen MR) is 72.7 cm³/mol. The molecule has 1 heterocycles. The molecular formula is C15H23NO2. The second kappa shape index (κ2) is 5.72. The van der Waals surface area contributed by atoms with Crippen molar-refractivity contribution >= 4 is 0 Å². The second-order valence-electron chi connectivity index (χ2n) is 5.33. The lowest BCUT2D eigenvalue weighted by atomic mass is 10.0. The lowest BCUT2D eigenvalue weighted by Gasteiger charge is -2.32. The molecule has 1 aliphatic rings. The highest BCUT2D eigenvalue weighted by molar-refractivity contribution is 5.28. The third-order valence-electron chi connectivity index (χ3n) is 3.36. The van der Waals surface area contributed by atoms with Crippen molar-refractivity contribution in [2.75, 3.05) is 0 Å². The van der Waals surface area contributed by atoms with Gasteiger partial charge in [0.2, 0.25) is 0 Å². The van der Waals surface area contributed by atoms with E-state index in [-0.39, 0.29) is 24.4 Å². The molecule has 1 saturated heterocycles. The van der Waals surface area contributed by atoms with Gasteiger partial charge in [-0.05, 0) is 38.5 Å². The van der Waals surface area contributed by atoms with Crippen LogP contribution in [0.1, 0.15) is 45.2 Å². The first-order valence-electron chi connectivity index (χ1n) is 6.72. The van der Waals surface area contributed by atoms with Crippen LogP contribution in [0.3, 0.4) is 0 Å². The lowest BCUT2D eigenvalue weighted by Crippen LogP contribution is -2.35. The van der Waals surface area contributed by atoms with Crippen LogP contribution in [0.2, 0.25) is 0 Å². The summed E-state index contributed by atoms with van der Waals surface area (Å²) in [5.74, 6) is 0.922. The van der Waals surface area contributed by atoms with Gasteiger partial charge in [-0.25, -0.2) is 0 Å². The number of hydrogen-bond donors (Lipinski definition) is 1. The standard InChI is InChI=1S/C15H23NO2/c1-10-8-15(9-11(2)17-10)18-14-6-4-13(5-7-14)12(3)16/h4-7,10-12,15H,8-9,16H2,1-3H3/t10?,11?,12-,15?/m1/s1. The Morgan fingerprint density at radius 2 is 1.72 bits per heavy atom. The molecule has 0 bridgehead atoms. The van der Waals surface area contributed by atoms with Crippen molar-refractivity contribution in [2.24, 2.45) is 5.73 Å². The number of ether oxygens (including phenoxy) is 2. The first kappa shape index (κ1) is 13.4. The summed E-state index contributed by atoms with van der Waals surface area (Å²) in [6, 6.07) is 8.15. The molecule has 1 aromatic rings. The summed E-state index contributed by atoms with van der Waals surface area (Å²) in [4.78, 5) is 0. The van der Waals surface area contributed by atoms with E-state index in [0.717, 1.165) is 24.2 Å². The highest BCUT2D eigenvalue weighted by Gasteiger charge is 2.25. The molecule has 3 nitrogen and oxygen atoms in total. The fraction of sp³-hybridized carbons (Fsp3) is 0.600. The fourth-order valence-electron chi connectivity index (χ4n) is 2.48. The zero-order chi connectivity index (χ0) is 13.1. The summed E-state index contributed by atoms with van der Waals surface area (Å²) >= 11 is 0. The molecule has 0 aliphatic carbocycles. The van der Waals surface area contributed by atoms with E-state index in [9.17, 15) is 0 Å². The van der Waals surface area contributed by atoms with Crippen molar-refractivity contribution in [3.8, 4) is 5.75 Å². The van der Waals surface area contributed by atoms with Crippen molar-refractivity contribution in [2.45, 2.75) is 58.0 Å². The molecule has 1 aliphatic heterocycles. The Labute approximate surface area is 109 Å². The fourth-order valence-corrected chi connectivity index (χ4v) is 2.48. The summed E-state index contributed by atoms with van der Waals surface area (Å²) in [6.45, 7) is 6.19. The molecule has 18 heavy (non-hydrogen) atoms. The highest BCUT2D eigenvalue weighted by atomic mass is 16.5. The van der Waals surface area contributed by atoms with Crippen LogP contribution in [0.25, 0.3) is 0 Å². The third kappa shape index (κ3) is 3.47. The number of rotatable bonds is 3. The molecule has 0 radical (unpaired) electrons. The average molecular weight is 249 g/mol. The van der Waals surface area contributed by atoms with Gasteiger partial charge in [-0.2, -0.15) is 0 Å². The largest absolute Gasteiger partial charge is 0.490 e. The van der Waals surface area contributed by atoms with Crippen LogP contribution in [0, 0.1) is 0 Å². The zero-order valence-electron chi connectivity index (χ0n) is 11.4. The predicted octanol–water partition coefficient (Wildman–Crippen LogP) is 3.04. The molecule has 1 fully saturated rings. The van der Waals surface area contributed by atoms with Gasteiger partial charge in [0.15, 0.2) is 0 Å². The highest BCUT2D eigenvalue weighted by Crippen LogP contribution is 2.25. The molecule has 0 spiro atoms. The van der Waals surface area contributed by atoms with E-state index in [1.165, 1.54) is 0 Å². The summed E-state index contributed by atoms with van der Waals surface area (Å²) in [6.07, 6.45) is 2.73. The van der Waals surface area contributed by atoms with E-state index in [0.29, 0.717) is 0 Å². The van der Waals surface area contributed by atoms with E-state index in [1.807, 2.05) is 31.2 Å². The minimum Gasteiger partial charge on any atom is -0.490 e. The van der Waals surface area contributed by atoms with E-state index < -0.39 is 0 Å². The van der Waals surface area contributed by atoms with Crippen molar-refractivity contribution in [1.29, 1.82) is 0 Å². The molecular weight excluding hydrogens is 226 g/mol. The van der Waals surface area contributed by atoms with Crippen molar-refractivity contribution in [1.82, 2.24) is 0 Å². The first-order chi connectivity index (χ1) is 8.54. The van der Waals surface area contributed by atoms with E-state index in [1.54, 1.807) is 0 Å². The van der Waals surface area contributed by atoms with Gasteiger partial charge in [-0.1, -0.05) is 12.1 Å². The lowest BCUT2D eigenvalue weighted by molar-refractivity contribution is -0.0721. The van der Waals surface area contributed by atoms with Crippen LogP contribution >= 0.6 is 0 Å². The maximum atomic E-state index is 6.01. The molecule has 2 rings (SSSR count). The number of nitrogens with two attached hydrogens (primary N) is 1. The van der Waals surface area contributed by atoms with Crippen LogP contribution in [-0.2, 0) is 4.74 Å². The molecule has 3 atom stereocenters. The summed E-state index contributed by atoms with van der Waals surface area (Å²) in [5.41, 5.74) is 6.96. The summed E-state index contributed by atoms with van der Waals surface area (Å²) in [5, 5.41) is 0. The average Bonchev–Trinajstić information content (AvgIpc) is 2.28. The Balaban J connectivity index is 1.96. The number of hydrogen-bond acceptors (Lipinski definition) is 3. The Morgan fingerprint density at radius 3 is 2.22 bits per heavy atom. The van der Waals surface area contributed by atoms with E-state index >= 15 is 0 Å². The quantitative estimate of drug-likeness (QED) is 0.895. The van der Waals surface area contributed by atoms with Crippen LogP contribution in [0.5, 0.6) is 5.75 Å². The van der Waals surface area contributed by atoms with Gasteiger partial charge in [0.1, 0.15) is 11.9 Å². The molecule has 0 saturated carbocycles. The van der Waals surface area contributed by atoms with Crippen LogP contribution in [0.4, 0.5) is 0 Å². The van der Waals surface area contributed by atoms with E-state index in [4.69, 9.17) is 15.2 Å². The molecule has 0 aromatic heterocycles. The maximum Gasteiger partial charge on any atom is 0.119 e. The van der Waals surface area contributed by atoms with Crippen LogP contribution in [0.15, 0.2) is 24.3 Å². The Kier molecular flexibility index (Phi) is 4.25. The number of benzene rings is 1. The second-order valence-corrected chi connectivity index (χ2v) is 5.33. The Bertz CT molecular complexity index is 365. The van der Waals surface area contributed by atoms with Crippen molar-refractivity contribution in [3.63, 3.8) is 0 Å². The van der Waals surface area contributed by atoms with Crippen LogP contribution < -0.4 is 10.5 Å². The summed E-state index contributed by atoms with van der Waals surface area (Å²) < 4.78 is 11.7. The SMILES string of the molecule is CC1CC(Oc2ccc([C@@H](C)N)cc2)CC(C)O1. The van der Waals surface area contributed by atoms with E-state index in [2.05, 4.69) is 13.8 Å². The maximum absolute atomic E-state index is 6.01. The minimum absolute atomic E-state index is 0.0715. The molecule has 3 heteroatoms. The molecule has 1 aromatic carbocycles. The Hall–Kier alpha value is -1.06. The van der Waals surface area contributed by atoms with Crippen LogP contribution in [-0.4, -0.2) is 18.3 Å². The van der Waals surface area contributed by atoms with Gasteiger partial charge >= 0.3 is 0 Å². The molecule has 100 valence electrons. The van der Waals surface area contributed by atoms with Crippen molar-refractivity contribution < 1.29 is 9.47 Å². The van der Waals surface area contributed by atoms with Gasteiger partial charge < -0.3 is 15.2 Å².